The van der Waals surface area contributed by atoms with Gasteiger partial charge in [-0.1, -0.05) is 24.6 Å². The van der Waals surface area contributed by atoms with Crippen LogP contribution in [0.2, 0.25) is 0 Å². The van der Waals surface area contributed by atoms with Gasteiger partial charge in [-0.2, -0.15) is 5.26 Å². The second-order valence-corrected chi connectivity index (χ2v) is 8.55. The van der Waals surface area contributed by atoms with Crippen LogP contribution in [0.5, 0.6) is 5.75 Å². The van der Waals surface area contributed by atoms with E-state index in [0.29, 0.717) is 24.2 Å². The molecule has 0 N–H and O–H groups in total. The van der Waals surface area contributed by atoms with Gasteiger partial charge in [-0.05, 0) is 86.3 Å². The lowest BCUT2D eigenvalue weighted by Gasteiger charge is -2.27. The first-order valence-electron chi connectivity index (χ1n) is 11.7. The van der Waals surface area contributed by atoms with Crippen LogP contribution < -0.4 is 4.74 Å². The van der Waals surface area contributed by atoms with Gasteiger partial charge < -0.3 is 14.5 Å². The Morgan fingerprint density at radius 2 is 1.72 bits per heavy atom. The molecule has 5 heteroatoms. The van der Waals surface area contributed by atoms with Gasteiger partial charge in [0, 0.05) is 25.2 Å². The average molecular weight is 430 g/mol. The summed E-state index contributed by atoms with van der Waals surface area (Å²) in [4.78, 5) is 17.1. The average Bonchev–Trinajstić information content (AvgIpc) is 2.87. The van der Waals surface area contributed by atoms with Gasteiger partial charge in [0.1, 0.15) is 5.75 Å². The number of likely N-dealkylation sites (tertiary alicyclic amines) is 1. The molecule has 0 radical (unpaired) electrons. The second kappa shape index (κ2) is 11.0. The minimum atomic E-state index is 0.0121. The Bertz CT molecular complexity index is 967. The normalized spacial score (nSPS) is 16.8. The first-order chi connectivity index (χ1) is 15.7. The van der Waals surface area contributed by atoms with Crippen molar-refractivity contribution in [2.24, 2.45) is 0 Å². The van der Waals surface area contributed by atoms with Crippen molar-refractivity contribution in [1.29, 1.82) is 5.26 Å². The van der Waals surface area contributed by atoms with Crippen molar-refractivity contribution in [2.45, 2.75) is 32.1 Å². The van der Waals surface area contributed by atoms with Crippen molar-refractivity contribution in [3.05, 3.63) is 71.3 Å². The highest BCUT2D eigenvalue weighted by Crippen LogP contribution is 2.25. The Morgan fingerprint density at radius 1 is 0.969 bits per heavy atom. The highest BCUT2D eigenvalue weighted by Gasteiger charge is 2.19. The minimum Gasteiger partial charge on any atom is -0.494 e. The fourth-order valence-corrected chi connectivity index (χ4v) is 4.41. The predicted molar refractivity (Wildman–Crippen MR) is 126 cm³/mol. The summed E-state index contributed by atoms with van der Waals surface area (Å²) in [6.07, 6.45) is 8.08. The summed E-state index contributed by atoms with van der Waals surface area (Å²) in [6.45, 7) is 5.65. The molecule has 32 heavy (non-hydrogen) atoms. The molecule has 1 fully saturated rings. The number of hydrogen-bond acceptors (Lipinski definition) is 4. The van der Waals surface area contributed by atoms with Crippen LogP contribution in [0.3, 0.4) is 0 Å². The van der Waals surface area contributed by atoms with Crippen molar-refractivity contribution in [1.82, 2.24) is 9.80 Å². The number of amides is 1. The molecule has 0 aromatic heterocycles. The largest absolute Gasteiger partial charge is 0.494 e. The first-order valence-corrected chi connectivity index (χ1v) is 11.7. The van der Waals surface area contributed by atoms with E-state index in [-0.39, 0.29) is 5.91 Å². The standard InChI is InChI=1S/C27H31N3O2/c28-21-22-5-7-25(8-6-22)27(31)30-18-13-24(14-19-30)23-9-11-26(12-10-23)32-20-4-17-29-15-2-1-3-16-29/h5-13H,1-4,14-20H2. The predicted octanol–water partition coefficient (Wildman–Crippen LogP) is 4.74. The molecule has 2 heterocycles. The third-order valence-electron chi connectivity index (χ3n) is 6.32. The zero-order chi connectivity index (χ0) is 22.2. The van der Waals surface area contributed by atoms with Gasteiger partial charge in [0.15, 0.2) is 0 Å². The SMILES string of the molecule is N#Cc1ccc(C(=O)N2CC=C(c3ccc(OCCCN4CCCCC4)cc3)CC2)cc1. The summed E-state index contributed by atoms with van der Waals surface area (Å²) < 4.78 is 5.93. The Hall–Kier alpha value is -3.10. The summed E-state index contributed by atoms with van der Waals surface area (Å²) in [5.74, 6) is 0.930. The molecule has 1 amide bonds. The topological polar surface area (TPSA) is 56.6 Å². The molecule has 2 aliphatic heterocycles. The van der Waals surface area contributed by atoms with Crippen LogP contribution in [0, 0.1) is 11.3 Å². The third-order valence-corrected chi connectivity index (χ3v) is 6.32. The summed E-state index contributed by atoms with van der Waals surface area (Å²) >= 11 is 0. The van der Waals surface area contributed by atoms with E-state index in [1.807, 2.05) is 17.0 Å². The summed E-state index contributed by atoms with van der Waals surface area (Å²) in [5, 5.41) is 8.91. The maximum absolute atomic E-state index is 12.7. The molecule has 0 atom stereocenters. The molecule has 4 rings (SSSR count). The van der Waals surface area contributed by atoms with Crippen LogP contribution in [0.4, 0.5) is 0 Å². The van der Waals surface area contributed by atoms with E-state index in [4.69, 9.17) is 10.00 Å². The maximum atomic E-state index is 12.7. The smallest absolute Gasteiger partial charge is 0.254 e. The van der Waals surface area contributed by atoms with Crippen molar-refractivity contribution >= 4 is 11.5 Å². The van der Waals surface area contributed by atoms with E-state index >= 15 is 0 Å². The summed E-state index contributed by atoms with van der Waals surface area (Å²) in [6, 6.07) is 17.2. The second-order valence-electron chi connectivity index (χ2n) is 8.55. The molecule has 2 aromatic rings. The lowest BCUT2D eigenvalue weighted by atomic mass is 9.99. The Morgan fingerprint density at radius 3 is 2.38 bits per heavy atom. The van der Waals surface area contributed by atoms with Crippen molar-refractivity contribution < 1.29 is 9.53 Å². The number of piperidine rings is 1. The molecular weight excluding hydrogens is 398 g/mol. The van der Waals surface area contributed by atoms with Gasteiger partial charge in [0.25, 0.3) is 5.91 Å². The fourth-order valence-electron chi connectivity index (χ4n) is 4.41. The van der Waals surface area contributed by atoms with Gasteiger partial charge in [-0.15, -0.1) is 0 Å². The van der Waals surface area contributed by atoms with Crippen molar-refractivity contribution in [3.63, 3.8) is 0 Å². The highest BCUT2D eigenvalue weighted by atomic mass is 16.5. The number of hydrogen-bond donors (Lipinski definition) is 0. The van der Waals surface area contributed by atoms with Gasteiger partial charge in [0.05, 0.1) is 18.2 Å². The van der Waals surface area contributed by atoms with E-state index in [9.17, 15) is 4.79 Å². The van der Waals surface area contributed by atoms with Gasteiger partial charge in [0.2, 0.25) is 0 Å². The van der Waals surface area contributed by atoms with Crippen LogP contribution in [0.1, 0.15) is 53.6 Å². The molecule has 0 aliphatic carbocycles. The number of ether oxygens (including phenoxy) is 1. The van der Waals surface area contributed by atoms with E-state index < -0.39 is 0 Å². The number of carbonyl (C=O) groups excluding carboxylic acids is 1. The number of nitrogens with zero attached hydrogens (tertiary/aromatic N) is 3. The van der Waals surface area contributed by atoms with Gasteiger partial charge in [-0.3, -0.25) is 4.79 Å². The molecule has 2 aliphatic rings. The lowest BCUT2D eigenvalue weighted by Crippen LogP contribution is -2.34. The molecule has 0 saturated carbocycles. The Labute approximate surface area is 190 Å². The quantitative estimate of drug-likeness (QED) is 0.597. The Kier molecular flexibility index (Phi) is 7.58. The number of carbonyl (C=O) groups is 1. The van der Waals surface area contributed by atoms with E-state index in [1.54, 1.807) is 24.3 Å². The fraction of sp³-hybridized carbons (Fsp3) is 0.407. The molecule has 2 aromatic carbocycles. The van der Waals surface area contributed by atoms with Crippen LogP contribution in [-0.4, -0.2) is 55.0 Å². The molecule has 0 spiro atoms. The number of benzene rings is 2. The van der Waals surface area contributed by atoms with E-state index in [0.717, 1.165) is 31.7 Å². The zero-order valence-electron chi connectivity index (χ0n) is 18.6. The number of rotatable bonds is 7. The molecule has 0 bridgehead atoms. The molecule has 5 nitrogen and oxygen atoms in total. The monoisotopic (exact) mass is 429 g/mol. The number of nitriles is 1. The Balaban J connectivity index is 1.24. The zero-order valence-corrected chi connectivity index (χ0v) is 18.6. The minimum absolute atomic E-state index is 0.0121. The summed E-state index contributed by atoms with van der Waals surface area (Å²) in [5.41, 5.74) is 3.65. The third kappa shape index (κ3) is 5.77. The molecular formula is C27H31N3O2. The van der Waals surface area contributed by atoms with Crippen LogP contribution in [0.25, 0.3) is 5.57 Å². The van der Waals surface area contributed by atoms with Crippen LogP contribution in [-0.2, 0) is 0 Å². The van der Waals surface area contributed by atoms with Gasteiger partial charge in [-0.25, -0.2) is 0 Å². The van der Waals surface area contributed by atoms with Crippen molar-refractivity contribution in [2.75, 3.05) is 39.3 Å². The summed E-state index contributed by atoms with van der Waals surface area (Å²) in [7, 11) is 0. The van der Waals surface area contributed by atoms with Crippen molar-refractivity contribution in [3.8, 4) is 11.8 Å². The molecule has 0 unspecified atom stereocenters. The molecule has 1 saturated heterocycles. The highest BCUT2D eigenvalue weighted by molar-refractivity contribution is 5.95. The maximum Gasteiger partial charge on any atom is 0.254 e. The van der Waals surface area contributed by atoms with Crippen LogP contribution >= 0.6 is 0 Å². The van der Waals surface area contributed by atoms with Gasteiger partial charge >= 0.3 is 0 Å². The first kappa shape index (κ1) is 22.1. The lowest BCUT2D eigenvalue weighted by molar-refractivity contribution is 0.0773. The van der Waals surface area contributed by atoms with Crippen LogP contribution in [0.15, 0.2) is 54.6 Å². The van der Waals surface area contributed by atoms with E-state index in [1.165, 1.54) is 43.5 Å². The molecule has 166 valence electrons. The van der Waals surface area contributed by atoms with E-state index in [2.05, 4.69) is 29.2 Å².